The third-order valence-electron chi connectivity index (χ3n) is 1.18. The van der Waals surface area contributed by atoms with Gasteiger partial charge in [0, 0.05) is 6.21 Å². The van der Waals surface area contributed by atoms with E-state index in [9.17, 15) is 9.59 Å². The molecule has 3 N–H and O–H groups in total. The molecule has 1 aliphatic heterocycles. The fraction of sp³-hybridized carbons (Fsp3) is 0.167. The second kappa shape index (κ2) is 2.96. The van der Waals surface area contributed by atoms with Gasteiger partial charge in [-0.3, -0.25) is 14.6 Å². The summed E-state index contributed by atoms with van der Waals surface area (Å²) in [4.78, 5) is 24.9. The highest BCUT2D eigenvalue weighted by Gasteiger charge is 2.15. The number of hydrogen-bond acceptors (Lipinski definition) is 4. The molecule has 58 valence electrons. The lowest BCUT2D eigenvalue weighted by molar-refractivity contribution is -0.133. The van der Waals surface area contributed by atoms with Gasteiger partial charge in [-0.1, -0.05) is 0 Å². The lowest BCUT2D eigenvalue weighted by atomic mass is 10.2. The second-order valence-electron chi connectivity index (χ2n) is 1.94. The van der Waals surface area contributed by atoms with Gasteiger partial charge in [0.2, 0.25) is 0 Å². The summed E-state index contributed by atoms with van der Waals surface area (Å²) >= 11 is 0. The molecule has 0 aromatic heterocycles. The Hall–Kier alpha value is -1.65. The molecule has 0 unspecified atom stereocenters. The topological polar surface area (TPSA) is 84.6 Å². The Morgan fingerprint density at radius 3 is 2.82 bits per heavy atom. The Balaban J connectivity index is 2.74. The molecule has 0 aromatic carbocycles. The minimum Gasteiger partial charge on any atom is -0.363 e. The van der Waals surface area contributed by atoms with Crippen molar-refractivity contribution in [2.45, 2.75) is 0 Å². The van der Waals surface area contributed by atoms with Crippen molar-refractivity contribution in [2.24, 2.45) is 10.7 Å². The molecule has 0 aliphatic carbocycles. The maximum absolute atomic E-state index is 10.8. The number of nitrogens with zero attached hydrogens (tertiary/aromatic N) is 1. The van der Waals surface area contributed by atoms with Crippen LogP contribution in [-0.2, 0) is 9.59 Å². The summed E-state index contributed by atoms with van der Waals surface area (Å²) in [6.45, 7) is 0.310. The molecule has 0 spiro atoms. The van der Waals surface area contributed by atoms with Gasteiger partial charge in [0.25, 0.3) is 11.7 Å². The van der Waals surface area contributed by atoms with Crippen LogP contribution in [0, 0.1) is 0 Å². The molecule has 0 radical (unpaired) electrons. The standard InChI is InChI=1S/C6H7N3O2/c7-6(11)5(10)4-1-2-8-3-9-4/h1-2,9H,3H2,(H2,7,11). The van der Waals surface area contributed by atoms with Gasteiger partial charge in [-0.05, 0) is 6.08 Å². The number of nitrogens with two attached hydrogens (primary N) is 1. The van der Waals surface area contributed by atoms with Crippen LogP contribution in [0.15, 0.2) is 16.8 Å². The zero-order chi connectivity index (χ0) is 8.27. The van der Waals surface area contributed by atoms with Gasteiger partial charge in [-0.15, -0.1) is 0 Å². The molecular formula is C6H7N3O2. The molecular weight excluding hydrogens is 146 g/mol. The van der Waals surface area contributed by atoms with Crippen LogP contribution in [-0.4, -0.2) is 24.6 Å². The Labute approximate surface area is 63.0 Å². The lowest BCUT2D eigenvalue weighted by Crippen LogP contribution is -2.32. The van der Waals surface area contributed by atoms with Crippen LogP contribution in [0.4, 0.5) is 0 Å². The monoisotopic (exact) mass is 153 g/mol. The van der Waals surface area contributed by atoms with Gasteiger partial charge in [0.1, 0.15) is 6.67 Å². The van der Waals surface area contributed by atoms with E-state index in [4.69, 9.17) is 5.73 Å². The van der Waals surface area contributed by atoms with E-state index in [0.717, 1.165) is 0 Å². The van der Waals surface area contributed by atoms with E-state index in [1.807, 2.05) is 0 Å². The first-order valence-electron chi connectivity index (χ1n) is 3.00. The average Bonchev–Trinajstić information content (AvgIpc) is 2.05. The Bertz CT molecular complexity index is 255. The molecule has 1 amide bonds. The van der Waals surface area contributed by atoms with Crippen molar-refractivity contribution in [1.29, 1.82) is 0 Å². The van der Waals surface area contributed by atoms with Crippen molar-refractivity contribution < 1.29 is 9.59 Å². The van der Waals surface area contributed by atoms with Gasteiger partial charge in [-0.2, -0.15) is 0 Å². The van der Waals surface area contributed by atoms with Crippen LogP contribution >= 0.6 is 0 Å². The summed E-state index contributed by atoms with van der Waals surface area (Å²) in [6, 6.07) is 0. The molecule has 0 aromatic rings. The molecule has 1 aliphatic rings. The number of Topliss-reactive ketones (excluding diaryl/α,β-unsaturated/α-hetero) is 1. The van der Waals surface area contributed by atoms with E-state index < -0.39 is 11.7 Å². The first-order valence-corrected chi connectivity index (χ1v) is 3.00. The van der Waals surface area contributed by atoms with Gasteiger partial charge >= 0.3 is 0 Å². The van der Waals surface area contributed by atoms with Gasteiger partial charge in [-0.25, -0.2) is 0 Å². The Morgan fingerprint density at radius 2 is 2.36 bits per heavy atom. The zero-order valence-corrected chi connectivity index (χ0v) is 5.70. The summed E-state index contributed by atoms with van der Waals surface area (Å²) in [5.41, 5.74) is 4.95. The number of amides is 1. The van der Waals surface area contributed by atoms with Gasteiger partial charge in [0.15, 0.2) is 0 Å². The van der Waals surface area contributed by atoms with E-state index >= 15 is 0 Å². The summed E-state index contributed by atoms with van der Waals surface area (Å²) in [6.07, 6.45) is 2.86. The van der Waals surface area contributed by atoms with Crippen molar-refractivity contribution in [3.63, 3.8) is 0 Å². The third-order valence-corrected chi connectivity index (χ3v) is 1.18. The second-order valence-corrected chi connectivity index (χ2v) is 1.94. The molecule has 0 saturated carbocycles. The Morgan fingerprint density at radius 1 is 1.64 bits per heavy atom. The Kier molecular flexibility index (Phi) is 2.00. The van der Waals surface area contributed by atoms with Crippen LogP contribution in [0.1, 0.15) is 0 Å². The van der Waals surface area contributed by atoms with E-state index in [1.165, 1.54) is 12.3 Å². The van der Waals surface area contributed by atoms with Crippen molar-refractivity contribution in [2.75, 3.05) is 6.67 Å². The van der Waals surface area contributed by atoms with Crippen molar-refractivity contribution in [3.8, 4) is 0 Å². The minimum atomic E-state index is -0.959. The molecule has 5 heteroatoms. The van der Waals surface area contributed by atoms with E-state index in [1.54, 1.807) is 0 Å². The van der Waals surface area contributed by atoms with E-state index in [0.29, 0.717) is 6.67 Å². The SMILES string of the molecule is NC(=O)C(=O)C1=CC=NCN1. The summed E-state index contributed by atoms with van der Waals surface area (Å²) in [7, 11) is 0. The fourth-order valence-corrected chi connectivity index (χ4v) is 0.658. The quantitative estimate of drug-likeness (QED) is 0.476. The molecule has 5 nitrogen and oxygen atoms in total. The maximum atomic E-state index is 10.8. The van der Waals surface area contributed by atoms with Crippen LogP contribution in [0.5, 0.6) is 0 Å². The van der Waals surface area contributed by atoms with Crippen LogP contribution in [0.3, 0.4) is 0 Å². The smallest absolute Gasteiger partial charge is 0.291 e. The highest BCUT2D eigenvalue weighted by molar-refractivity contribution is 6.42. The number of allylic oxidation sites excluding steroid dienone is 1. The number of carbonyl (C=O) groups is 2. The number of primary amides is 1. The molecule has 0 fully saturated rings. The number of carbonyl (C=O) groups excluding carboxylic acids is 2. The highest BCUT2D eigenvalue weighted by atomic mass is 16.2. The molecule has 0 saturated heterocycles. The zero-order valence-electron chi connectivity index (χ0n) is 5.70. The number of ketones is 1. The van der Waals surface area contributed by atoms with Crippen molar-refractivity contribution in [3.05, 3.63) is 11.8 Å². The first-order chi connectivity index (χ1) is 5.22. The van der Waals surface area contributed by atoms with Gasteiger partial charge < -0.3 is 11.1 Å². The lowest BCUT2D eigenvalue weighted by Gasteiger charge is -2.07. The number of aliphatic imine (C=N–C) groups is 1. The largest absolute Gasteiger partial charge is 0.363 e. The molecule has 1 rings (SSSR count). The third kappa shape index (κ3) is 1.64. The molecule has 0 atom stereocenters. The number of nitrogens with one attached hydrogen (secondary N) is 1. The molecule has 1 heterocycles. The van der Waals surface area contributed by atoms with Crippen LogP contribution in [0.25, 0.3) is 0 Å². The normalized spacial score (nSPS) is 15.1. The predicted molar refractivity (Wildman–Crippen MR) is 38.8 cm³/mol. The van der Waals surface area contributed by atoms with Crippen LogP contribution in [0.2, 0.25) is 0 Å². The summed E-state index contributed by atoms with van der Waals surface area (Å²) in [5.74, 6) is -1.67. The van der Waals surface area contributed by atoms with Gasteiger partial charge in [0.05, 0.1) is 5.70 Å². The molecule has 0 bridgehead atoms. The maximum Gasteiger partial charge on any atom is 0.291 e. The first kappa shape index (κ1) is 7.46. The van der Waals surface area contributed by atoms with E-state index in [-0.39, 0.29) is 5.70 Å². The summed E-state index contributed by atoms with van der Waals surface area (Å²) in [5, 5.41) is 2.61. The fourth-order valence-electron chi connectivity index (χ4n) is 0.658. The molecule has 11 heavy (non-hydrogen) atoms. The predicted octanol–water partition coefficient (Wildman–Crippen LogP) is -1.44. The van der Waals surface area contributed by atoms with Crippen molar-refractivity contribution >= 4 is 17.9 Å². The minimum absolute atomic E-state index is 0.201. The average molecular weight is 153 g/mol. The number of rotatable bonds is 2. The highest BCUT2D eigenvalue weighted by Crippen LogP contribution is 1.93. The van der Waals surface area contributed by atoms with Crippen molar-refractivity contribution in [1.82, 2.24) is 5.32 Å². The number of hydrogen-bond donors (Lipinski definition) is 2. The summed E-state index contributed by atoms with van der Waals surface area (Å²) < 4.78 is 0. The van der Waals surface area contributed by atoms with E-state index in [2.05, 4.69) is 10.3 Å². The van der Waals surface area contributed by atoms with Crippen LogP contribution < -0.4 is 11.1 Å².